The van der Waals surface area contributed by atoms with Crippen LogP contribution in [0, 0.1) is 6.92 Å². The fourth-order valence-corrected chi connectivity index (χ4v) is 1.98. The second kappa shape index (κ2) is 3.70. The molecule has 0 aliphatic rings. The maximum absolute atomic E-state index is 5.52. The highest BCUT2D eigenvalue weighted by molar-refractivity contribution is 9.11. The summed E-state index contributed by atoms with van der Waals surface area (Å²) in [5, 5.41) is 0. The molecule has 1 aromatic carbocycles. The molecular weight excluding hydrogens is 270 g/mol. The Morgan fingerprint density at radius 2 is 2.00 bits per heavy atom. The summed E-state index contributed by atoms with van der Waals surface area (Å²) in [5.41, 5.74) is 7.87. The van der Waals surface area contributed by atoms with E-state index in [1.165, 1.54) is 5.56 Å². The molecule has 60 valence electrons. The van der Waals surface area contributed by atoms with E-state index >= 15 is 0 Å². The number of nitrogens with two attached hydrogens (primary N) is 1. The average Bonchev–Trinajstić information content (AvgIpc) is 2.01. The third-order valence-corrected chi connectivity index (χ3v) is 3.58. The second-order valence-corrected chi connectivity index (χ2v) is 4.00. The van der Waals surface area contributed by atoms with Gasteiger partial charge in [-0.05, 0) is 24.1 Å². The van der Waals surface area contributed by atoms with Crippen LogP contribution in [0.5, 0.6) is 0 Å². The van der Waals surface area contributed by atoms with E-state index in [2.05, 4.69) is 31.9 Å². The minimum absolute atomic E-state index is 0.578. The van der Waals surface area contributed by atoms with Crippen molar-refractivity contribution in [3.05, 3.63) is 32.2 Å². The molecule has 1 rings (SSSR count). The van der Waals surface area contributed by atoms with Crippen LogP contribution >= 0.6 is 31.9 Å². The van der Waals surface area contributed by atoms with E-state index in [-0.39, 0.29) is 0 Å². The quantitative estimate of drug-likeness (QED) is 0.840. The van der Waals surface area contributed by atoms with Gasteiger partial charge in [0.25, 0.3) is 0 Å². The van der Waals surface area contributed by atoms with Crippen LogP contribution in [-0.4, -0.2) is 0 Å². The Balaban J connectivity index is 3.25. The molecule has 0 radical (unpaired) electrons. The molecular formula is C8H9Br2N. The van der Waals surface area contributed by atoms with Crippen LogP contribution in [0.1, 0.15) is 11.1 Å². The van der Waals surface area contributed by atoms with E-state index in [1.807, 2.05) is 19.1 Å². The van der Waals surface area contributed by atoms with E-state index in [9.17, 15) is 0 Å². The van der Waals surface area contributed by atoms with Crippen molar-refractivity contribution in [2.45, 2.75) is 13.5 Å². The normalized spacial score (nSPS) is 10.2. The predicted octanol–water partition coefficient (Wildman–Crippen LogP) is 2.98. The summed E-state index contributed by atoms with van der Waals surface area (Å²) in [6.45, 7) is 2.63. The summed E-state index contributed by atoms with van der Waals surface area (Å²) in [6, 6.07) is 4.03. The van der Waals surface area contributed by atoms with Gasteiger partial charge in [-0.3, -0.25) is 0 Å². The van der Waals surface area contributed by atoms with E-state index in [0.717, 1.165) is 14.5 Å². The van der Waals surface area contributed by atoms with Gasteiger partial charge in [0.2, 0.25) is 0 Å². The van der Waals surface area contributed by atoms with Crippen LogP contribution in [0.25, 0.3) is 0 Å². The lowest BCUT2D eigenvalue weighted by molar-refractivity contribution is 1.05. The van der Waals surface area contributed by atoms with E-state index in [1.54, 1.807) is 0 Å². The summed E-state index contributed by atoms with van der Waals surface area (Å²) in [7, 11) is 0. The van der Waals surface area contributed by atoms with E-state index in [0.29, 0.717) is 6.54 Å². The predicted molar refractivity (Wildman–Crippen MR) is 54.5 cm³/mol. The SMILES string of the molecule is Cc1c(Br)ccc(CN)c1Br. The average molecular weight is 279 g/mol. The lowest BCUT2D eigenvalue weighted by atomic mass is 10.1. The van der Waals surface area contributed by atoms with Crippen molar-refractivity contribution >= 4 is 31.9 Å². The number of halogens is 2. The molecule has 3 heteroatoms. The van der Waals surface area contributed by atoms with Crippen molar-refractivity contribution < 1.29 is 0 Å². The van der Waals surface area contributed by atoms with Crippen LogP contribution in [0.2, 0.25) is 0 Å². The highest BCUT2D eigenvalue weighted by Gasteiger charge is 2.03. The summed E-state index contributed by atoms with van der Waals surface area (Å²) in [6.07, 6.45) is 0. The Morgan fingerprint density at radius 3 is 2.55 bits per heavy atom. The molecule has 0 aliphatic heterocycles. The zero-order valence-corrected chi connectivity index (χ0v) is 9.37. The lowest BCUT2D eigenvalue weighted by Crippen LogP contribution is -1.98. The largest absolute Gasteiger partial charge is 0.326 e. The van der Waals surface area contributed by atoms with Gasteiger partial charge in [0.05, 0.1) is 0 Å². The molecule has 0 bridgehead atoms. The highest BCUT2D eigenvalue weighted by atomic mass is 79.9. The van der Waals surface area contributed by atoms with Crippen molar-refractivity contribution in [2.75, 3.05) is 0 Å². The molecule has 1 nitrogen and oxygen atoms in total. The van der Waals surface area contributed by atoms with Crippen LogP contribution in [0.4, 0.5) is 0 Å². The number of rotatable bonds is 1. The van der Waals surface area contributed by atoms with E-state index in [4.69, 9.17) is 5.73 Å². The van der Waals surface area contributed by atoms with E-state index < -0.39 is 0 Å². The summed E-state index contributed by atoms with van der Waals surface area (Å²) < 4.78 is 2.22. The molecule has 0 amide bonds. The lowest BCUT2D eigenvalue weighted by Gasteiger charge is -2.05. The second-order valence-electron chi connectivity index (χ2n) is 2.35. The van der Waals surface area contributed by atoms with Gasteiger partial charge in [-0.1, -0.05) is 37.9 Å². The Morgan fingerprint density at radius 1 is 1.36 bits per heavy atom. The summed E-state index contributed by atoms with van der Waals surface area (Å²) in [5.74, 6) is 0. The molecule has 0 saturated heterocycles. The molecule has 0 spiro atoms. The fraction of sp³-hybridized carbons (Fsp3) is 0.250. The Hall–Kier alpha value is 0.140. The number of benzene rings is 1. The zero-order chi connectivity index (χ0) is 8.43. The van der Waals surface area contributed by atoms with Crippen LogP contribution in [-0.2, 0) is 6.54 Å². The van der Waals surface area contributed by atoms with Gasteiger partial charge < -0.3 is 5.73 Å². The first-order chi connectivity index (χ1) is 5.16. The molecule has 0 aliphatic carbocycles. The Kier molecular flexibility index (Phi) is 3.10. The van der Waals surface area contributed by atoms with Crippen LogP contribution < -0.4 is 5.73 Å². The van der Waals surface area contributed by atoms with Gasteiger partial charge in [-0.15, -0.1) is 0 Å². The third-order valence-electron chi connectivity index (χ3n) is 1.62. The standard InChI is InChI=1S/C8H9Br2N/c1-5-7(9)3-2-6(4-11)8(5)10/h2-3H,4,11H2,1H3. The van der Waals surface area contributed by atoms with Gasteiger partial charge >= 0.3 is 0 Å². The maximum atomic E-state index is 5.52. The number of hydrogen-bond acceptors (Lipinski definition) is 1. The first kappa shape index (κ1) is 9.23. The van der Waals surface area contributed by atoms with Crippen molar-refractivity contribution in [3.63, 3.8) is 0 Å². The molecule has 0 heterocycles. The molecule has 2 N–H and O–H groups in total. The monoisotopic (exact) mass is 277 g/mol. The van der Waals surface area contributed by atoms with Gasteiger partial charge in [-0.25, -0.2) is 0 Å². The molecule has 0 fully saturated rings. The minimum Gasteiger partial charge on any atom is -0.326 e. The maximum Gasteiger partial charge on any atom is 0.0260 e. The highest BCUT2D eigenvalue weighted by Crippen LogP contribution is 2.27. The molecule has 0 saturated carbocycles. The minimum atomic E-state index is 0.578. The van der Waals surface area contributed by atoms with Crippen molar-refractivity contribution in [1.29, 1.82) is 0 Å². The first-order valence-electron chi connectivity index (χ1n) is 3.30. The molecule has 1 aromatic rings. The van der Waals surface area contributed by atoms with Crippen molar-refractivity contribution in [3.8, 4) is 0 Å². The van der Waals surface area contributed by atoms with Crippen LogP contribution in [0.15, 0.2) is 21.1 Å². The molecule has 0 aromatic heterocycles. The zero-order valence-electron chi connectivity index (χ0n) is 6.20. The smallest absolute Gasteiger partial charge is 0.0260 e. The fourth-order valence-electron chi connectivity index (χ4n) is 0.875. The topological polar surface area (TPSA) is 26.0 Å². The summed E-state index contributed by atoms with van der Waals surface area (Å²) >= 11 is 6.92. The van der Waals surface area contributed by atoms with Gasteiger partial charge in [0, 0.05) is 15.5 Å². The van der Waals surface area contributed by atoms with Crippen molar-refractivity contribution in [2.24, 2.45) is 5.73 Å². The third kappa shape index (κ3) is 1.83. The summed E-state index contributed by atoms with van der Waals surface area (Å²) in [4.78, 5) is 0. The Labute approximate surface area is 83.2 Å². The van der Waals surface area contributed by atoms with Gasteiger partial charge in [0.1, 0.15) is 0 Å². The Bertz CT molecular complexity index is 271. The number of hydrogen-bond donors (Lipinski definition) is 1. The van der Waals surface area contributed by atoms with Gasteiger partial charge in [0.15, 0.2) is 0 Å². The first-order valence-corrected chi connectivity index (χ1v) is 4.89. The van der Waals surface area contributed by atoms with Crippen LogP contribution in [0.3, 0.4) is 0 Å². The van der Waals surface area contributed by atoms with Crippen molar-refractivity contribution in [1.82, 2.24) is 0 Å². The molecule has 11 heavy (non-hydrogen) atoms. The molecule has 0 unspecified atom stereocenters. The van der Waals surface area contributed by atoms with Gasteiger partial charge in [-0.2, -0.15) is 0 Å². The molecule has 0 atom stereocenters.